The van der Waals surface area contributed by atoms with E-state index < -0.39 is 9.84 Å². The fraction of sp³-hybridized carbons (Fsp3) is 0. The molecule has 1 heterocycles. The van der Waals surface area contributed by atoms with Crippen LogP contribution in [0.3, 0.4) is 0 Å². The topological polar surface area (TPSA) is 73.1 Å². The highest BCUT2D eigenvalue weighted by atomic mass is 35.5. The molecule has 0 unspecified atom stereocenters. The lowest BCUT2D eigenvalue weighted by molar-refractivity contribution is 0.584. The Morgan fingerprint density at radius 2 is 1.15 bits per heavy atom. The standard InChI is InChI=1S/C20H13ClN2O3S/c21-16-10-6-14(7-11-16)19-22-23-20(26-19)15-8-12-18(13-9-15)27(24,25)17-4-2-1-3-5-17/h1-13H. The molecule has 5 nitrogen and oxygen atoms in total. The Labute approximate surface area is 161 Å². The first-order chi connectivity index (χ1) is 13.0. The zero-order valence-electron chi connectivity index (χ0n) is 13.9. The maximum Gasteiger partial charge on any atom is 0.248 e. The molecule has 1 aromatic heterocycles. The minimum absolute atomic E-state index is 0.204. The predicted octanol–water partition coefficient (Wildman–Crippen LogP) is 4.89. The second-order valence-corrected chi connectivity index (χ2v) is 8.15. The van der Waals surface area contributed by atoms with Crippen LogP contribution >= 0.6 is 11.6 Å². The third kappa shape index (κ3) is 3.49. The van der Waals surface area contributed by atoms with Gasteiger partial charge < -0.3 is 4.42 Å². The summed E-state index contributed by atoms with van der Waals surface area (Å²) in [7, 11) is -3.56. The predicted molar refractivity (Wildman–Crippen MR) is 102 cm³/mol. The van der Waals surface area contributed by atoms with Crippen molar-refractivity contribution in [2.24, 2.45) is 0 Å². The van der Waals surface area contributed by atoms with Crippen molar-refractivity contribution < 1.29 is 12.8 Å². The summed E-state index contributed by atoms with van der Waals surface area (Å²) in [6, 6.07) is 21.7. The molecule has 27 heavy (non-hydrogen) atoms. The molecule has 7 heteroatoms. The first-order valence-electron chi connectivity index (χ1n) is 8.04. The van der Waals surface area contributed by atoms with Gasteiger partial charge in [0.2, 0.25) is 21.6 Å². The van der Waals surface area contributed by atoms with E-state index in [9.17, 15) is 8.42 Å². The van der Waals surface area contributed by atoms with Crippen LogP contribution in [0.4, 0.5) is 0 Å². The first kappa shape index (κ1) is 17.5. The van der Waals surface area contributed by atoms with E-state index in [1.54, 1.807) is 66.7 Å². The Morgan fingerprint density at radius 3 is 1.70 bits per heavy atom. The number of nitrogens with zero attached hydrogens (tertiary/aromatic N) is 2. The molecule has 0 bridgehead atoms. The molecule has 0 radical (unpaired) electrons. The molecule has 0 aliphatic rings. The third-order valence-electron chi connectivity index (χ3n) is 3.98. The molecule has 0 spiro atoms. The van der Waals surface area contributed by atoms with Gasteiger partial charge in [-0.1, -0.05) is 29.8 Å². The highest BCUT2D eigenvalue weighted by Crippen LogP contribution is 2.27. The molecule has 0 aliphatic carbocycles. The molecule has 0 amide bonds. The van der Waals surface area contributed by atoms with Crippen LogP contribution in [0.1, 0.15) is 0 Å². The number of aromatic nitrogens is 2. The normalized spacial score (nSPS) is 11.4. The summed E-state index contributed by atoms with van der Waals surface area (Å²) in [5.74, 6) is 0.672. The summed E-state index contributed by atoms with van der Waals surface area (Å²) in [4.78, 5) is 0.454. The molecule has 3 aromatic carbocycles. The smallest absolute Gasteiger partial charge is 0.248 e. The summed E-state index contributed by atoms with van der Waals surface area (Å²) in [6.07, 6.45) is 0. The summed E-state index contributed by atoms with van der Waals surface area (Å²) in [6.45, 7) is 0. The molecular weight excluding hydrogens is 384 g/mol. The van der Waals surface area contributed by atoms with Crippen molar-refractivity contribution >= 4 is 21.4 Å². The molecule has 0 fully saturated rings. The van der Waals surface area contributed by atoms with E-state index in [1.165, 1.54) is 12.1 Å². The first-order valence-corrected chi connectivity index (χ1v) is 9.90. The fourth-order valence-electron chi connectivity index (χ4n) is 2.56. The van der Waals surface area contributed by atoms with E-state index in [0.29, 0.717) is 22.4 Å². The summed E-state index contributed by atoms with van der Waals surface area (Å²) in [5, 5.41) is 8.69. The van der Waals surface area contributed by atoms with Gasteiger partial charge in [-0.05, 0) is 60.7 Å². The average Bonchev–Trinajstić information content (AvgIpc) is 3.19. The Kier molecular flexibility index (Phi) is 4.51. The van der Waals surface area contributed by atoms with Crippen LogP contribution in [0.5, 0.6) is 0 Å². The number of hydrogen-bond acceptors (Lipinski definition) is 5. The van der Waals surface area contributed by atoms with Gasteiger partial charge in [-0.25, -0.2) is 8.42 Å². The quantitative estimate of drug-likeness (QED) is 0.491. The maximum absolute atomic E-state index is 12.6. The van der Waals surface area contributed by atoms with Crippen molar-refractivity contribution in [1.82, 2.24) is 10.2 Å². The van der Waals surface area contributed by atoms with E-state index in [0.717, 1.165) is 5.56 Å². The maximum atomic E-state index is 12.6. The molecule has 0 saturated heterocycles. The van der Waals surface area contributed by atoms with Crippen molar-refractivity contribution in [3.8, 4) is 22.9 Å². The molecule has 134 valence electrons. The number of halogens is 1. The van der Waals surface area contributed by atoms with Gasteiger partial charge in [-0.3, -0.25) is 0 Å². The lowest BCUT2D eigenvalue weighted by Crippen LogP contribution is -2.01. The van der Waals surface area contributed by atoms with Gasteiger partial charge in [0.1, 0.15) is 0 Å². The van der Waals surface area contributed by atoms with Crippen molar-refractivity contribution in [3.05, 3.63) is 83.9 Å². The van der Waals surface area contributed by atoms with Gasteiger partial charge in [0.05, 0.1) is 9.79 Å². The highest BCUT2D eigenvalue weighted by Gasteiger charge is 2.18. The van der Waals surface area contributed by atoms with Gasteiger partial charge in [-0.15, -0.1) is 10.2 Å². The second kappa shape index (κ2) is 6.98. The molecule has 0 atom stereocenters. The van der Waals surface area contributed by atoms with Gasteiger partial charge in [0.25, 0.3) is 0 Å². The van der Waals surface area contributed by atoms with Crippen molar-refractivity contribution in [1.29, 1.82) is 0 Å². The molecule has 4 rings (SSSR count). The minimum Gasteiger partial charge on any atom is -0.416 e. The average molecular weight is 397 g/mol. The summed E-state index contributed by atoms with van der Waals surface area (Å²) >= 11 is 5.88. The Balaban J connectivity index is 1.63. The summed E-state index contributed by atoms with van der Waals surface area (Å²) in [5.41, 5.74) is 1.39. The van der Waals surface area contributed by atoms with E-state index in [4.69, 9.17) is 16.0 Å². The number of rotatable bonds is 4. The van der Waals surface area contributed by atoms with Crippen molar-refractivity contribution in [2.75, 3.05) is 0 Å². The zero-order valence-corrected chi connectivity index (χ0v) is 15.5. The van der Waals surface area contributed by atoms with Crippen LogP contribution in [0.15, 0.2) is 93.1 Å². The molecule has 0 saturated carbocycles. The lowest BCUT2D eigenvalue weighted by Gasteiger charge is -2.04. The zero-order chi connectivity index (χ0) is 18.9. The molecule has 0 aliphatic heterocycles. The van der Waals surface area contributed by atoms with Crippen LogP contribution in [-0.4, -0.2) is 18.6 Å². The largest absolute Gasteiger partial charge is 0.416 e. The minimum atomic E-state index is -3.56. The van der Waals surface area contributed by atoms with E-state index >= 15 is 0 Å². The van der Waals surface area contributed by atoms with Crippen LogP contribution in [-0.2, 0) is 9.84 Å². The van der Waals surface area contributed by atoms with Gasteiger partial charge in [-0.2, -0.15) is 0 Å². The van der Waals surface area contributed by atoms with Crippen molar-refractivity contribution in [2.45, 2.75) is 9.79 Å². The Hall–Kier alpha value is -2.96. The molecule has 0 N–H and O–H groups in total. The number of sulfone groups is 1. The Morgan fingerprint density at radius 1 is 0.667 bits per heavy atom. The second-order valence-electron chi connectivity index (χ2n) is 5.76. The third-order valence-corrected chi connectivity index (χ3v) is 6.02. The van der Waals surface area contributed by atoms with Gasteiger partial charge >= 0.3 is 0 Å². The van der Waals surface area contributed by atoms with Crippen LogP contribution in [0, 0.1) is 0 Å². The SMILES string of the molecule is O=S(=O)(c1ccccc1)c1ccc(-c2nnc(-c3ccc(Cl)cc3)o2)cc1. The monoisotopic (exact) mass is 396 g/mol. The van der Waals surface area contributed by atoms with Gasteiger partial charge in [0, 0.05) is 16.1 Å². The summed E-state index contributed by atoms with van der Waals surface area (Å²) < 4.78 is 31.0. The van der Waals surface area contributed by atoms with Crippen LogP contribution in [0.25, 0.3) is 22.9 Å². The van der Waals surface area contributed by atoms with Crippen LogP contribution < -0.4 is 0 Å². The Bertz CT molecular complexity index is 1170. The van der Waals surface area contributed by atoms with E-state index in [2.05, 4.69) is 10.2 Å². The van der Waals surface area contributed by atoms with Crippen LogP contribution in [0.2, 0.25) is 5.02 Å². The number of hydrogen-bond donors (Lipinski definition) is 0. The lowest BCUT2D eigenvalue weighted by atomic mass is 10.2. The van der Waals surface area contributed by atoms with E-state index in [-0.39, 0.29) is 9.79 Å². The van der Waals surface area contributed by atoms with Crippen molar-refractivity contribution in [3.63, 3.8) is 0 Å². The number of benzene rings is 3. The highest BCUT2D eigenvalue weighted by molar-refractivity contribution is 7.91. The molecular formula is C20H13ClN2O3S. The van der Waals surface area contributed by atoms with Gasteiger partial charge in [0.15, 0.2) is 0 Å². The van der Waals surface area contributed by atoms with E-state index in [1.807, 2.05) is 0 Å². The molecule has 4 aromatic rings. The fourth-order valence-corrected chi connectivity index (χ4v) is 3.97.